The van der Waals surface area contributed by atoms with Crippen molar-refractivity contribution < 1.29 is 14.3 Å². The first kappa shape index (κ1) is 25.4. The Morgan fingerprint density at radius 3 is 2.50 bits per heavy atom. The summed E-state index contributed by atoms with van der Waals surface area (Å²) in [5.74, 6) is -0.121. The largest absolute Gasteiger partial charge is 0.466 e. The number of ether oxygens (including phenoxy) is 1. The minimum atomic E-state index is -0.466. The molecule has 0 bridgehead atoms. The van der Waals surface area contributed by atoms with Crippen molar-refractivity contribution in [1.82, 2.24) is 14.5 Å². The van der Waals surface area contributed by atoms with E-state index in [0.717, 1.165) is 5.56 Å². The summed E-state index contributed by atoms with van der Waals surface area (Å²) in [4.78, 5) is 45.2. The summed E-state index contributed by atoms with van der Waals surface area (Å²) in [6.45, 7) is 8.12. The minimum absolute atomic E-state index is 0.00779. The zero-order valence-electron chi connectivity index (χ0n) is 20.0. The number of rotatable bonds is 9. The lowest BCUT2D eigenvalue weighted by Gasteiger charge is -2.31. The Labute approximate surface area is 204 Å². The topological polar surface area (TPSA) is 81.5 Å². The highest BCUT2D eigenvalue weighted by molar-refractivity contribution is 6.30. The fraction of sp³-hybridized carbons (Fsp3) is 0.385. The van der Waals surface area contributed by atoms with Crippen molar-refractivity contribution in [1.29, 1.82) is 0 Å². The third-order valence-corrected chi connectivity index (χ3v) is 6.01. The van der Waals surface area contributed by atoms with Gasteiger partial charge in [0.1, 0.15) is 5.82 Å². The second kappa shape index (κ2) is 11.3. The van der Waals surface area contributed by atoms with Gasteiger partial charge >= 0.3 is 5.97 Å². The van der Waals surface area contributed by atoms with E-state index < -0.39 is 12.0 Å². The molecule has 0 saturated carbocycles. The summed E-state index contributed by atoms with van der Waals surface area (Å²) in [5, 5.41) is 1.06. The number of hydrogen-bond donors (Lipinski definition) is 0. The molecule has 0 saturated heterocycles. The summed E-state index contributed by atoms with van der Waals surface area (Å²) in [7, 11) is 0. The van der Waals surface area contributed by atoms with Crippen LogP contribution < -0.4 is 5.56 Å². The molecule has 1 unspecified atom stereocenters. The molecule has 2 aromatic carbocycles. The average Bonchev–Trinajstić information content (AvgIpc) is 2.82. The molecule has 3 rings (SSSR count). The van der Waals surface area contributed by atoms with E-state index in [1.165, 1.54) is 0 Å². The molecule has 0 radical (unpaired) electrons. The highest BCUT2D eigenvalue weighted by Crippen LogP contribution is 2.28. The van der Waals surface area contributed by atoms with Crippen molar-refractivity contribution in [2.75, 3.05) is 13.2 Å². The number of benzene rings is 2. The predicted octanol–water partition coefficient (Wildman–Crippen LogP) is 4.99. The maximum Gasteiger partial charge on any atom is 0.306 e. The molecule has 7 nitrogen and oxygen atoms in total. The second-order valence-corrected chi connectivity index (χ2v) is 8.40. The third-order valence-electron chi connectivity index (χ3n) is 5.77. The normalized spacial score (nSPS) is 11.9. The molecular formula is C26H30ClN3O4. The number of para-hydroxylation sites is 1. The zero-order valence-corrected chi connectivity index (χ0v) is 20.8. The number of carbonyl (C=O) groups is 2. The van der Waals surface area contributed by atoms with Crippen LogP contribution in [0.25, 0.3) is 16.6 Å². The van der Waals surface area contributed by atoms with Crippen molar-refractivity contribution in [2.45, 2.75) is 53.0 Å². The maximum atomic E-state index is 13.7. The molecular weight excluding hydrogens is 454 g/mol. The highest BCUT2D eigenvalue weighted by atomic mass is 35.5. The van der Waals surface area contributed by atoms with E-state index in [1.54, 1.807) is 52.8 Å². The summed E-state index contributed by atoms with van der Waals surface area (Å²) in [6, 6.07) is 12.0. The van der Waals surface area contributed by atoms with Crippen molar-refractivity contribution >= 4 is 34.4 Å². The molecule has 0 aliphatic heterocycles. The van der Waals surface area contributed by atoms with Gasteiger partial charge in [-0.3, -0.25) is 19.0 Å². The zero-order chi connectivity index (χ0) is 24.8. The van der Waals surface area contributed by atoms with Gasteiger partial charge in [0.05, 0.1) is 35.7 Å². The van der Waals surface area contributed by atoms with Crippen LogP contribution in [-0.2, 0) is 14.3 Å². The van der Waals surface area contributed by atoms with Gasteiger partial charge in [0.2, 0.25) is 5.91 Å². The van der Waals surface area contributed by atoms with Gasteiger partial charge in [0.15, 0.2) is 0 Å². The van der Waals surface area contributed by atoms with Gasteiger partial charge in [-0.1, -0.05) is 30.7 Å². The Bertz CT molecular complexity index is 1250. The first-order valence-corrected chi connectivity index (χ1v) is 11.9. The molecule has 0 aliphatic carbocycles. The molecule has 1 aromatic heterocycles. The van der Waals surface area contributed by atoms with Gasteiger partial charge < -0.3 is 9.64 Å². The minimum Gasteiger partial charge on any atom is -0.466 e. The molecule has 3 aromatic rings. The first-order valence-electron chi connectivity index (χ1n) is 11.6. The molecule has 0 spiro atoms. The number of carbonyl (C=O) groups excluding carboxylic acids is 2. The fourth-order valence-corrected chi connectivity index (χ4v) is 4.40. The Morgan fingerprint density at radius 1 is 1.12 bits per heavy atom. The molecule has 8 heteroatoms. The van der Waals surface area contributed by atoms with E-state index >= 15 is 0 Å². The van der Waals surface area contributed by atoms with Crippen molar-refractivity contribution in [3.63, 3.8) is 0 Å². The molecule has 34 heavy (non-hydrogen) atoms. The average molecular weight is 484 g/mol. The van der Waals surface area contributed by atoms with Crippen LogP contribution in [0, 0.1) is 6.92 Å². The summed E-state index contributed by atoms with van der Waals surface area (Å²) in [6.07, 6.45) is 0.575. The highest BCUT2D eigenvalue weighted by Gasteiger charge is 2.28. The summed E-state index contributed by atoms with van der Waals surface area (Å²) < 4.78 is 6.55. The second-order valence-electron chi connectivity index (χ2n) is 7.97. The number of fused-ring (bicyclic) bond motifs is 1. The maximum absolute atomic E-state index is 13.7. The number of hydrogen-bond acceptors (Lipinski definition) is 5. The van der Waals surface area contributed by atoms with Crippen LogP contribution in [0.5, 0.6) is 0 Å². The van der Waals surface area contributed by atoms with Crippen LogP contribution in [0.15, 0.2) is 47.3 Å². The standard InChI is InChI=1S/C26H30ClN3O4/c1-5-21(29(6-2)23(31)14-15-24(32)34-7-3)25-28-20-11-9-8-10-19(20)26(33)30(25)22-13-12-18(27)16-17(22)4/h8-13,16,21H,5-7,14-15H2,1-4H3. The van der Waals surface area contributed by atoms with Gasteiger partial charge in [0.25, 0.3) is 5.56 Å². The molecule has 0 aliphatic rings. The van der Waals surface area contributed by atoms with Gasteiger partial charge in [-0.25, -0.2) is 4.98 Å². The van der Waals surface area contributed by atoms with E-state index in [4.69, 9.17) is 21.3 Å². The van der Waals surface area contributed by atoms with Crippen molar-refractivity contribution in [3.05, 3.63) is 69.2 Å². The molecule has 0 N–H and O–H groups in total. The molecule has 1 atom stereocenters. The van der Waals surface area contributed by atoms with E-state index in [1.807, 2.05) is 26.8 Å². The van der Waals surface area contributed by atoms with E-state index in [-0.39, 0.29) is 30.9 Å². The van der Waals surface area contributed by atoms with E-state index in [2.05, 4.69) is 0 Å². The van der Waals surface area contributed by atoms with Crippen LogP contribution in [0.1, 0.15) is 57.5 Å². The van der Waals surface area contributed by atoms with Crippen LogP contribution in [0.3, 0.4) is 0 Å². The summed E-state index contributed by atoms with van der Waals surface area (Å²) in [5.41, 5.74) is 1.84. The number of esters is 1. The first-order chi connectivity index (χ1) is 16.3. The number of amides is 1. The lowest BCUT2D eigenvalue weighted by Crippen LogP contribution is -2.38. The smallest absolute Gasteiger partial charge is 0.306 e. The van der Waals surface area contributed by atoms with Crippen molar-refractivity contribution in [2.24, 2.45) is 0 Å². The number of halogens is 1. The van der Waals surface area contributed by atoms with Gasteiger partial charge in [0, 0.05) is 18.0 Å². The number of aromatic nitrogens is 2. The van der Waals surface area contributed by atoms with Gasteiger partial charge in [-0.05, 0) is 63.1 Å². The predicted molar refractivity (Wildman–Crippen MR) is 133 cm³/mol. The molecule has 0 fully saturated rings. The molecule has 180 valence electrons. The van der Waals surface area contributed by atoms with Crippen LogP contribution in [-0.4, -0.2) is 39.5 Å². The van der Waals surface area contributed by atoms with E-state index in [0.29, 0.717) is 40.4 Å². The van der Waals surface area contributed by atoms with Crippen LogP contribution in [0.4, 0.5) is 0 Å². The number of nitrogens with zero attached hydrogens (tertiary/aromatic N) is 3. The Morgan fingerprint density at radius 2 is 1.85 bits per heavy atom. The van der Waals surface area contributed by atoms with E-state index in [9.17, 15) is 14.4 Å². The lowest BCUT2D eigenvalue weighted by atomic mass is 10.1. The molecule has 1 amide bonds. The number of aryl methyl sites for hydroxylation is 1. The SMILES string of the molecule is CCOC(=O)CCC(=O)N(CC)C(CC)c1nc2ccccc2c(=O)n1-c1ccc(Cl)cc1C. The monoisotopic (exact) mass is 483 g/mol. The third kappa shape index (κ3) is 5.30. The quantitative estimate of drug-likeness (QED) is 0.400. The fourth-order valence-electron chi connectivity index (χ4n) is 4.17. The van der Waals surface area contributed by atoms with Gasteiger partial charge in [-0.2, -0.15) is 0 Å². The Hall–Kier alpha value is -3.19. The van der Waals surface area contributed by atoms with Crippen molar-refractivity contribution in [3.8, 4) is 5.69 Å². The van der Waals surface area contributed by atoms with Gasteiger partial charge in [-0.15, -0.1) is 0 Å². The van der Waals surface area contributed by atoms with Crippen LogP contribution in [0.2, 0.25) is 5.02 Å². The molecule has 1 heterocycles. The lowest BCUT2D eigenvalue weighted by molar-refractivity contribution is -0.146. The Balaban J connectivity index is 2.16. The van der Waals surface area contributed by atoms with Crippen LogP contribution >= 0.6 is 11.6 Å². The Kier molecular flexibility index (Phi) is 8.45. The summed E-state index contributed by atoms with van der Waals surface area (Å²) >= 11 is 6.17.